The molecule has 4 rings (SSSR count). The molecule has 2 aromatic heterocycles. The number of para-hydroxylation sites is 2. The minimum Gasteiger partial charge on any atom is -0.398 e. The lowest BCUT2D eigenvalue weighted by Crippen LogP contribution is -2.19. The fourth-order valence-corrected chi connectivity index (χ4v) is 3.20. The number of rotatable bonds is 1. The number of nitrogens with zero attached hydrogens (tertiary/aromatic N) is 1. The molecule has 4 aromatic rings. The van der Waals surface area contributed by atoms with Crippen molar-refractivity contribution < 1.29 is 0 Å². The van der Waals surface area contributed by atoms with Gasteiger partial charge in [0.15, 0.2) is 0 Å². The summed E-state index contributed by atoms with van der Waals surface area (Å²) in [6.07, 6.45) is 0.646. The smallest absolute Gasteiger partial charge is 0.260 e. The molecule has 2 heterocycles. The Bertz CT molecular complexity index is 1010. The van der Waals surface area contributed by atoms with Crippen molar-refractivity contribution in [3.63, 3.8) is 0 Å². The minimum atomic E-state index is 0.00917. The first-order valence-electron chi connectivity index (χ1n) is 6.80. The van der Waals surface area contributed by atoms with Crippen molar-refractivity contribution in [1.82, 2.24) is 4.40 Å². The van der Waals surface area contributed by atoms with Crippen LogP contribution in [0.5, 0.6) is 0 Å². The van der Waals surface area contributed by atoms with Crippen LogP contribution in [0.2, 0.25) is 0 Å². The predicted molar refractivity (Wildman–Crippen MR) is 83.7 cm³/mol. The van der Waals surface area contributed by atoms with E-state index in [2.05, 4.69) is 12.1 Å². The molecule has 0 fully saturated rings. The largest absolute Gasteiger partial charge is 0.398 e. The van der Waals surface area contributed by atoms with Gasteiger partial charge in [-0.25, -0.2) is 0 Å². The van der Waals surface area contributed by atoms with Gasteiger partial charge in [-0.1, -0.05) is 43.3 Å². The lowest BCUT2D eigenvalue weighted by molar-refractivity contribution is 1.05. The van der Waals surface area contributed by atoms with Crippen LogP contribution >= 0.6 is 0 Å². The zero-order valence-corrected chi connectivity index (χ0v) is 11.2. The Morgan fingerprint density at radius 3 is 2.50 bits per heavy atom. The summed E-state index contributed by atoms with van der Waals surface area (Å²) in [6, 6.07) is 14.1. The molecule has 0 saturated heterocycles. The van der Waals surface area contributed by atoms with Crippen LogP contribution in [0.3, 0.4) is 0 Å². The summed E-state index contributed by atoms with van der Waals surface area (Å²) >= 11 is 0. The number of fused-ring (bicyclic) bond motifs is 3. The van der Waals surface area contributed by atoms with Crippen molar-refractivity contribution in [3.8, 4) is 0 Å². The zero-order valence-electron chi connectivity index (χ0n) is 11.2. The Morgan fingerprint density at radius 2 is 1.70 bits per heavy atom. The number of benzene rings is 2. The molecule has 0 aliphatic heterocycles. The van der Waals surface area contributed by atoms with Gasteiger partial charge in [-0.2, -0.15) is 0 Å². The van der Waals surface area contributed by atoms with Crippen molar-refractivity contribution in [2.24, 2.45) is 0 Å². The van der Waals surface area contributed by atoms with Crippen molar-refractivity contribution in [2.75, 3.05) is 5.73 Å². The first kappa shape index (κ1) is 11.3. The van der Waals surface area contributed by atoms with E-state index in [-0.39, 0.29) is 5.56 Å². The highest BCUT2D eigenvalue weighted by Crippen LogP contribution is 2.33. The lowest BCUT2D eigenvalue weighted by atomic mass is 10.1. The lowest BCUT2D eigenvalue weighted by Gasteiger charge is -2.08. The van der Waals surface area contributed by atoms with Gasteiger partial charge in [0.2, 0.25) is 0 Å². The fraction of sp³-hybridized carbons (Fsp3) is 0.118. The van der Waals surface area contributed by atoms with Gasteiger partial charge < -0.3 is 5.73 Å². The fourth-order valence-electron chi connectivity index (χ4n) is 3.20. The molecule has 0 aliphatic rings. The molecule has 2 N–H and O–H groups in total. The van der Waals surface area contributed by atoms with E-state index in [0.29, 0.717) is 17.7 Å². The summed E-state index contributed by atoms with van der Waals surface area (Å²) < 4.78 is 1.81. The van der Waals surface area contributed by atoms with E-state index in [0.717, 1.165) is 27.2 Å². The SMILES string of the molecule is CCc1c(N)c2cccc3c4ccccc4n(c1=O)c23. The van der Waals surface area contributed by atoms with Crippen molar-refractivity contribution in [1.29, 1.82) is 0 Å². The molecule has 20 heavy (non-hydrogen) atoms. The maximum absolute atomic E-state index is 12.7. The molecule has 3 heteroatoms. The van der Waals surface area contributed by atoms with Crippen molar-refractivity contribution >= 4 is 32.9 Å². The molecule has 0 unspecified atom stereocenters. The number of pyridine rings is 1. The zero-order chi connectivity index (χ0) is 13.9. The molecule has 3 nitrogen and oxygen atoms in total. The number of nitrogen functional groups attached to an aromatic ring is 1. The van der Waals surface area contributed by atoms with Crippen LogP contribution in [0.15, 0.2) is 47.3 Å². The summed E-state index contributed by atoms with van der Waals surface area (Å²) in [5, 5.41) is 3.16. The Balaban J connectivity index is 2.49. The second kappa shape index (κ2) is 3.73. The molecule has 0 atom stereocenters. The third-order valence-electron chi connectivity index (χ3n) is 4.12. The quantitative estimate of drug-likeness (QED) is 0.572. The van der Waals surface area contributed by atoms with E-state index < -0.39 is 0 Å². The van der Waals surface area contributed by atoms with E-state index in [4.69, 9.17) is 5.73 Å². The summed E-state index contributed by atoms with van der Waals surface area (Å²) in [4.78, 5) is 12.7. The van der Waals surface area contributed by atoms with Crippen LogP contribution in [-0.2, 0) is 6.42 Å². The predicted octanol–water partition coefficient (Wildman–Crippen LogP) is 3.19. The molecule has 0 aliphatic carbocycles. The molecule has 0 amide bonds. The van der Waals surface area contributed by atoms with E-state index in [1.807, 2.05) is 41.7 Å². The average molecular weight is 262 g/mol. The molecule has 0 radical (unpaired) electrons. The third-order valence-corrected chi connectivity index (χ3v) is 4.12. The van der Waals surface area contributed by atoms with Crippen LogP contribution in [0.1, 0.15) is 12.5 Å². The van der Waals surface area contributed by atoms with Gasteiger partial charge in [0.25, 0.3) is 5.56 Å². The Hall–Kier alpha value is -2.55. The third kappa shape index (κ3) is 1.17. The van der Waals surface area contributed by atoms with Gasteiger partial charge >= 0.3 is 0 Å². The number of anilines is 1. The highest BCUT2D eigenvalue weighted by Gasteiger charge is 2.17. The van der Waals surface area contributed by atoms with Gasteiger partial charge in [-0.3, -0.25) is 9.20 Å². The molecule has 0 spiro atoms. The van der Waals surface area contributed by atoms with Gasteiger partial charge in [-0.15, -0.1) is 0 Å². The van der Waals surface area contributed by atoms with Crippen molar-refractivity contribution in [3.05, 3.63) is 58.4 Å². The first-order chi connectivity index (χ1) is 9.74. The normalized spacial score (nSPS) is 11.8. The highest BCUT2D eigenvalue weighted by atomic mass is 16.1. The number of aromatic nitrogens is 1. The molecule has 98 valence electrons. The van der Waals surface area contributed by atoms with E-state index >= 15 is 0 Å². The summed E-state index contributed by atoms with van der Waals surface area (Å²) in [5.74, 6) is 0. The van der Waals surface area contributed by atoms with Crippen LogP contribution in [-0.4, -0.2) is 4.40 Å². The maximum atomic E-state index is 12.7. The summed E-state index contributed by atoms with van der Waals surface area (Å²) in [7, 11) is 0. The van der Waals surface area contributed by atoms with Crippen LogP contribution < -0.4 is 11.3 Å². The number of hydrogen-bond donors (Lipinski definition) is 1. The Morgan fingerprint density at radius 1 is 1.00 bits per heavy atom. The van der Waals surface area contributed by atoms with E-state index in [1.165, 1.54) is 0 Å². The monoisotopic (exact) mass is 262 g/mol. The number of hydrogen-bond acceptors (Lipinski definition) is 2. The van der Waals surface area contributed by atoms with Crippen LogP contribution in [0.4, 0.5) is 5.69 Å². The minimum absolute atomic E-state index is 0.00917. The van der Waals surface area contributed by atoms with Gasteiger partial charge in [0.05, 0.1) is 11.0 Å². The second-order valence-corrected chi connectivity index (χ2v) is 5.11. The molecule has 0 bridgehead atoms. The standard InChI is InChI=1S/C17H14N2O/c1-2-10-15(18)13-8-5-7-12-11-6-3-4-9-14(11)19(16(12)13)17(10)20/h3-9H,2,18H2,1H3. The van der Waals surface area contributed by atoms with Gasteiger partial charge in [0.1, 0.15) is 0 Å². The van der Waals surface area contributed by atoms with Crippen LogP contribution in [0, 0.1) is 0 Å². The molecular formula is C17H14N2O. The topological polar surface area (TPSA) is 47.5 Å². The van der Waals surface area contributed by atoms with Gasteiger partial charge in [0, 0.05) is 27.4 Å². The molecule has 2 aromatic carbocycles. The highest BCUT2D eigenvalue weighted by molar-refractivity contribution is 6.16. The summed E-state index contributed by atoms with van der Waals surface area (Å²) in [5.41, 5.74) is 9.45. The van der Waals surface area contributed by atoms with E-state index in [1.54, 1.807) is 0 Å². The summed E-state index contributed by atoms with van der Waals surface area (Å²) in [6.45, 7) is 1.97. The van der Waals surface area contributed by atoms with Gasteiger partial charge in [-0.05, 0) is 12.5 Å². The van der Waals surface area contributed by atoms with E-state index in [9.17, 15) is 4.79 Å². The maximum Gasteiger partial charge on any atom is 0.260 e. The molecule has 0 saturated carbocycles. The van der Waals surface area contributed by atoms with Crippen LogP contribution in [0.25, 0.3) is 27.2 Å². The number of nitrogens with two attached hydrogens (primary N) is 1. The van der Waals surface area contributed by atoms with Crippen molar-refractivity contribution in [2.45, 2.75) is 13.3 Å². The first-order valence-corrected chi connectivity index (χ1v) is 6.80. The second-order valence-electron chi connectivity index (χ2n) is 5.11. The molecular weight excluding hydrogens is 248 g/mol. The average Bonchev–Trinajstić information content (AvgIpc) is 2.81. The Kier molecular flexibility index (Phi) is 2.11. The Labute approximate surface area is 115 Å².